The average Bonchev–Trinajstić information content (AvgIpc) is 3.07. The van der Waals surface area contributed by atoms with E-state index in [0.29, 0.717) is 32.7 Å². The first-order chi connectivity index (χ1) is 22.2. The van der Waals surface area contributed by atoms with Crippen molar-refractivity contribution in [2.24, 2.45) is 5.92 Å². The highest BCUT2D eigenvalue weighted by atomic mass is 32.2. The zero-order valence-electron chi connectivity index (χ0n) is 27.2. The standard InChI is InChI=1S/C36H45N3O6S/c1-26-6-13-32(14-7-26)46(40,41)39-24-36(33(22-30(39)20-27(2)23-37)29-9-11-31(43-4)12-10-29)45-25-28-8-15-35-34(21-28)38(17-19-44-35)16-5-18-42-3/h6-15,21,27,30,33,36H,5,16-20,22,24-25H2,1-4H3/t27-,30-,33-,36+/m1/s1. The van der Waals surface area contributed by atoms with Crippen molar-refractivity contribution in [3.63, 3.8) is 0 Å². The lowest BCUT2D eigenvalue weighted by molar-refractivity contribution is -0.0217. The van der Waals surface area contributed by atoms with Gasteiger partial charge in [0.25, 0.3) is 0 Å². The number of nitrogens with zero attached hydrogens (tertiary/aromatic N) is 3. The number of piperidine rings is 1. The predicted octanol–water partition coefficient (Wildman–Crippen LogP) is 5.92. The Labute approximate surface area is 273 Å². The summed E-state index contributed by atoms with van der Waals surface area (Å²) in [6.45, 7) is 7.27. The first-order valence-electron chi connectivity index (χ1n) is 16.0. The fourth-order valence-electron chi connectivity index (χ4n) is 6.44. The number of rotatable bonds is 13. The summed E-state index contributed by atoms with van der Waals surface area (Å²) in [7, 11) is -0.503. The van der Waals surface area contributed by atoms with Crippen molar-refractivity contribution in [1.29, 1.82) is 5.26 Å². The summed E-state index contributed by atoms with van der Waals surface area (Å²) in [5.41, 5.74) is 4.06. The van der Waals surface area contributed by atoms with Crippen molar-refractivity contribution < 1.29 is 27.4 Å². The number of ether oxygens (including phenoxy) is 4. The fraction of sp³-hybridized carbons (Fsp3) is 0.472. The summed E-state index contributed by atoms with van der Waals surface area (Å²) in [6, 6.07) is 22.9. The van der Waals surface area contributed by atoms with Crippen LogP contribution in [0, 0.1) is 24.2 Å². The number of hydrogen-bond donors (Lipinski definition) is 0. The van der Waals surface area contributed by atoms with Crippen molar-refractivity contribution in [2.45, 2.75) is 62.7 Å². The summed E-state index contributed by atoms with van der Waals surface area (Å²) >= 11 is 0. The third-order valence-corrected chi connectivity index (χ3v) is 10.9. The van der Waals surface area contributed by atoms with E-state index in [1.807, 2.05) is 62.4 Å². The van der Waals surface area contributed by atoms with Gasteiger partial charge in [-0.2, -0.15) is 9.57 Å². The molecule has 2 heterocycles. The number of aryl methyl sites for hydroxylation is 1. The third-order valence-electron chi connectivity index (χ3n) is 8.98. The van der Waals surface area contributed by atoms with E-state index in [-0.39, 0.29) is 29.3 Å². The maximum absolute atomic E-state index is 14.2. The van der Waals surface area contributed by atoms with Gasteiger partial charge in [-0.05, 0) is 80.6 Å². The molecule has 0 amide bonds. The van der Waals surface area contributed by atoms with Crippen molar-refractivity contribution in [1.82, 2.24) is 4.31 Å². The van der Waals surface area contributed by atoms with Crippen LogP contribution >= 0.6 is 0 Å². The molecule has 246 valence electrons. The molecule has 0 aliphatic carbocycles. The largest absolute Gasteiger partial charge is 0.497 e. The van der Waals surface area contributed by atoms with Gasteiger partial charge in [-0.3, -0.25) is 0 Å². The second-order valence-electron chi connectivity index (χ2n) is 12.3. The maximum atomic E-state index is 14.2. The molecule has 0 saturated carbocycles. The van der Waals surface area contributed by atoms with Crippen molar-refractivity contribution in [3.05, 3.63) is 83.4 Å². The zero-order chi connectivity index (χ0) is 32.7. The van der Waals surface area contributed by atoms with Gasteiger partial charge in [0.1, 0.15) is 18.1 Å². The Kier molecular flexibility index (Phi) is 11.2. The van der Waals surface area contributed by atoms with Crippen LogP contribution in [0.1, 0.15) is 48.8 Å². The van der Waals surface area contributed by atoms with Crippen LogP contribution in [-0.2, 0) is 26.1 Å². The first kappa shape index (κ1) is 33.7. The van der Waals surface area contributed by atoms with E-state index in [2.05, 4.69) is 17.0 Å². The molecule has 0 spiro atoms. The molecule has 10 heteroatoms. The van der Waals surface area contributed by atoms with E-state index < -0.39 is 16.1 Å². The number of nitriles is 1. The smallest absolute Gasteiger partial charge is 0.243 e. The van der Waals surface area contributed by atoms with Gasteiger partial charge in [0.15, 0.2) is 0 Å². The van der Waals surface area contributed by atoms with Crippen molar-refractivity contribution >= 4 is 15.7 Å². The van der Waals surface area contributed by atoms with Crippen LogP contribution in [0.25, 0.3) is 0 Å². The van der Waals surface area contributed by atoms with Crippen LogP contribution in [0.2, 0.25) is 0 Å². The summed E-state index contributed by atoms with van der Waals surface area (Å²) in [6.07, 6.45) is 1.45. The van der Waals surface area contributed by atoms with Gasteiger partial charge < -0.3 is 23.8 Å². The van der Waals surface area contributed by atoms with E-state index >= 15 is 0 Å². The molecular formula is C36H45N3O6S. The highest BCUT2D eigenvalue weighted by molar-refractivity contribution is 7.89. The number of sulfonamides is 1. The Hall–Kier alpha value is -3.62. The lowest BCUT2D eigenvalue weighted by atomic mass is 9.82. The summed E-state index contributed by atoms with van der Waals surface area (Å²) in [5, 5.41) is 9.69. The van der Waals surface area contributed by atoms with Crippen molar-refractivity contribution in [2.75, 3.05) is 52.0 Å². The third kappa shape index (κ3) is 7.84. The van der Waals surface area contributed by atoms with E-state index in [1.54, 1.807) is 30.7 Å². The molecule has 9 nitrogen and oxygen atoms in total. The van der Waals surface area contributed by atoms with Crippen LogP contribution in [0.4, 0.5) is 5.69 Å². The van der Waals surface area contributed by atoms with E-state index in [9.17, 15) is 13.7 Å². The SMILES string of the molecule is COCCCN1CCOc2ccc(CO[C@H]3CN(S(=O)(=O)c4ccc(C)cc4)[C@H](C[C@@H](C)C#N)C[C@@H]3c3ccc(OC)cc3)cc21. The van der Waals surface area contributed by atoms with Crippen LogP contribution in [0.3, 0.4) is 0 Å². The minimum atomic E-state index is -3.85. The van der Waals surface area contributed by atoms with Gasteiger partial charge in [0.05, 0.1) is 43.0 Å². The minimum absolute atomic E-state index is 0.0854. The molecule has 0 bridgehead atoms. The van der Waals surface area contributed by atoms with Crippen LogP contribution in [0.15, 0.2) is 71.6 Å². The number of methoxy groups -OCH3 is 2. The Morgan fingerprint density at radius 3 is 2.52 bits per heavy atom. The average molecular weight is 648 g/mol. The molecule has 0 unspecified atom stereocenters. The molecule has 4 atom stereocenters. The molecule has 2 aliphatic rings. The lowest BCUT2D eigenvalue weighted by Gasteiger charge is -2.43. The molecular weight excluding hydrogens is 602 g/mol. The van der Waals surface area contributed by atoms with Gasteiger partial charge in [-0.15, -0.1) is 0 Å². The monoisotopic (exact) mass is 647 g/mol. The lowest BCUT2D eigenvalue weighted by Crippen LogP contribution is -2.52. The van der Waals surface area contributed by atoms with Gasteiger partial charge in [-0.25, -0.2) is 8.42 Å². The molecule has 5 rings (SSSR count). The number of hydrogen-bond acceptors (Lipinski definition) is 8. The van der Waals surface area contributed by atoms with E-state index in [0.717, 1.165) is 53.4 Å². The van der Waals surface area contributed by atoms with E-state index in [1.165, 1.54) is 0 Å². The number of benzene rings is 3. The molecule has 3 aromatic carbocycles. The Bertz CT molecular complexity index is 1590. The molecule has 0 radical (unpaired) electrons. The maximum Gasteiger partial charge on any atom is 0.243 e. The summed E-state index contributed by atoms with van der Waals surface area (Å²) in [5.74, 6) is 1.21. The van der Waals surface area contributed by atoms with Crippen molar-refractivity contribution in [3.8, 4) is 17.6 Å². The molecule has 1 saturated heterocycles. The quantitative estimate of drug-likeness (QED) is 0.211. The van der Waals surface area contributed by atoms with Gasteiger partial charge in [-0.1, -0.05) is 35.9 Å². The summed E-state index contributed by atoms with van der Waals surface area (Å²) in [4.78, 5) is 2.57. The Balaban J connectivity index is 1.45. The first-order valence-corrected chi connectivity index (χ1v) is 17.4. The Morgan fingerprint density at radius 2 is 1.83 bits per heavy atom. The second kappa shape index (κ2) is 15.3. The summed E-state index contributed by atoms with van der Waals surface area (Å²) < 4.78 is 53.2. The molecule has 0 N–H and O–H groups in total. The molecule has 3 aromatic rings. The fourth-order valence-corrected chi connectivity index (χ4v) is 8.10. The molecule has 1 fully saturated rings. The normalized spacial score (nSPS) is 20.8. The molecule has 0 aromatic heterocycles. The highest BCUT2D eigenvalue weighted by Gasteiger charge is 2.43. The molecule has 2 aliphatic heterocycles. The number of anilines is 1. The van der Waals surface area contributed by atoms with E-state index in [4.69, 9.17) is 18.9 Å². The number of fused-ring (bicyclic) bond motifs is 1. The van der Waals surface area contributed by atoms with Gasteiger partial charge >= 0.3 is 0 Å². The Morgan fingerprint density at radius 1 is 1.07 bits per heavy atom. The topological polar surface area (TPSA) is 101 Å². The van der Waals surface area contributed by atoms with Gasteiger partial charge in [0, 0.05) is 44.7 Å². The van der Waals surface area contributed by atoms with Crippen LogP contribution < -0.4 is 14.4 Å². The predicted molar refractivity (Wildman–Crippen MR) is 178 cm³/mol. The minimum Gasteiger partial charge on any atom is -0.497 e. The van der Waals surface area contributed by atoms with Gasteiger partial charge in [0.2, 0.25) is 10.0 Å². The van der Waals surface area contributed by atoms with Crippen LogP contribution in [0.5, 0.6) is 11.5 Å². The van der Waals surface area contributed by atoms with Crippen LogP contribution in [-0.4, -0.2) is 71.9 Å². The molecule has 46 heavy (non-hydrogen) atoms. The zero-order valence-corrected chi connectivity index (χ0v) is 28.0. The second-order valence-corrected chi connectivity index (χ2v) is 14.1. The highest BCUT2D eigenvalue weighted by Crippen LogP contribution is 2.40.